The zero-order valence-corrected chi connectivity index (χ0v) is 14.2. The van der Waals surface area contributed by atoms with Crippen LogP contribution in [-0.4, -0.2) is 20.3 Å². The van der Waals surface area contributed by atoms with Crippen LogP contribution in [0.25, 0.3) is 33.1 Å². The van der Waals surface area contributed by atoms with Crippen LogP contribution in [0.1, 0.15) is 15.9 Å². The molecule has 0 N–H and O–H groups in total. The summed E-state index contributed by atoms with van der Waals surface area (Å²) in [5.41, 5.74) is 5.62. The van der Waals surface area contributed by atoms with E-state index in [0.29, 0.717) is 11.1 Å². The number of nitrogens with zero attached hydrogens (tertiary/aromatic N) is 3. The lowest BCUT2D eigenvalue weighted by Gasteiger charge is -2.04. The van der Waals surface area contributed by atoms with E-state index in [1.807, 2.05) is 67.7 Å². The molecule has 5 rings (SSSR count). The van der Waals surface area contributed by atoms with E-state index in [0.717, 1.165) is 33.1 Å². The first-order valence-corrected chi connectivity index (χ1v) is 8.47. The smallest absolute Gasteiger partial charge is 0.193 e. The Kier molecular flexibility index (Phi) is 3.12. The summed E-state index contributed by atoms with van der Waals surface area (Å²) in [6.45, 7) is 0. The van der Waals surface area contributed by atoms with Gasteiger partial charge in [0.2, 0.25) is 0 Å². The van der Waals surface area contributed by atoms with Crippen LogP contribution in [0.5, 0.6) is 0 Å². The number of aryl methyl sites for hydroxylation is 1. The molecule has 0 radical (unpaired) electrons. The SMILES string of the molecule is Cn1c2ccccc2c2nc3cc(C(=O)c4ccccc4)ccc3nc21. The van der Waals surface area contributed by atoms with Crippen molar-refractivity contribution < 1.29 is 4.79 Å². The molecule has 3 aromatic carbocycles. The van der Waals surface area contributed by atoms with Gasteiger partial charge in [-0.3, -0.25) is 4.79 Å². The summed E-state index contributed by atoms with van der Waals surface area (Å²) in [6.07, 6.45) is 0. The van der Waals surface area contributed by atoms with Crippen molar-refractivity contribution in [3.63, 3.8) is 0 Å². The Morgan fingerprint density at radius 1 is 0.808 bits per heavy atom. The Bertz CT molecular complexity index is 1300. The van der Waals surface area contributed by atoms with Crippen molar-refractivity contribution in [3.05, 3.63) is 83.9 Å². The fraction of sp³-hybridized carbons (Fsp3) is 0.0455. The van der Waals surface area contributed by atoms with E-state index in [2.05, 4.69) is 16.7 Å². The summed E-state index contributed by atoms with van der Waals surface area (Å²) in [7, 11) is 2.00. The number of carbonyl (C=O) groups is 1. The number of benzene rings is 3. The molecule has 0 saturated carbocycles. The highest BCUT2D eigenvalue weighted by molar-refractivity contribution is 6.11. The van der Waals surface area contributed by atoms with Gasteiger partial charge in [0, 0.05) is 23.6 Å². The van der Waals surface area contributed by atoms with Crippen LogP contribution in [0.3, 0.4) is 0 Å². The van der Waals surface area contributed by atoms with Gasteiger partial charge in [-0.2, -0.15) is 0 Å². The highest BCUT2D eigenvalue weighted by Gasteiger charge is 2.14. The molecule has 0 aliphatic carbocycles. The Labute approximate surface area is 149 Å². The average molecular weight is 337 g/mol. The molecule has 26 heavy (non-hydrogen) atoms. The topological polar surface area (TPSA) is 47.8 Å². The minimum Gasteiger partial charge on any atom is -0.327 e. The highest BCUT2D eigenvalue weighted by atomic mass is 16.1. The third kappa shape index (κ3) is 2.12. The van der Waals surface area contributed by atoms with Crippen molar-refractivity contribution in [1.82, 2.24) is 14.5 Å². The maximum atomic E-state index is 12.7. The third-order valence-corrected chi connectivity index (χ3v) is 4.78. The van der Waals surface area contributed by atoms with Crippen LogP contribution in [0.2, 0.25) is 0 Å². The Balaban J connectivity index is 1.74. The van der Waals surface area contributed by atoms with E-state index < -0.39 is 0 Å². The Morgan fingerprint density at radius 2 is 1.58 bits per heavy atom. The fourth-order valence-corrected chi connectivity index (χ4v) is 3.44. The molecule has 124 valence electrons. The molecular weight excluding hydrogens is 322 g/mol. The molecule has 0 saturated heterocycles. The number of aromatic nitrogens is 3. The summed E-state index contributed by atoms with van der Waals surface area (Å²) in [6, 6.07) is 22.9. The Morgan fingerprint density at radius 3 is 2.42 bits per heavy atom. The predicted molar refractivity (Wildman–Crippen MR) is 103 cm³/mol. The van der Waals surface area contributed by atoms with Gasteiger partial charge in [-0.05, 0) is 24.3 Å². The largest absolute Gasteiger partial charge is 0.327 e. The van der Waals surface area contributed by atoms with Gasteiger partial charge in [-0.25, -0.2) is 9.97 Å². The normalized spacial score (nSPS) is 11.4. The van der Waals surface area contributed by atoms with Crippen LogP contribution in [-0.2, 0) is 7.05 Å². The van der Waals surface area contributed by atoms with Crippen molar-refractivity contribution in [1.29, 1.82) is 0 Å². The molecule has 0 unspecified atom stereocenters. The van der Waals surface area contributed by atoms with Crippen molar-refractivity contribution in [2.24, 2.45) is 7.05 Å². The number of rotatable bonds is 2. The summed E-state index contributed by atoms with van der Waals surface area (Å²) in [5, 5.41) is 1.07. The molecule has 0 atom stereocenters. The number of carbonyl (C=O) groups excluding carboxylic acids is 1. The van der Waals surface area contributed by atoms with Crippen molar-refractivity contribution >= 4 is 38.9 Å². The second-order valence-electron chi connectivity index (χ2n) is 6.37. The van der Waals surface area contributed by atoms with Crippen LogP contribution < -0.4 is 0 Å². The maximum Gasteiger partial charge on any atom is 0.193 e. The third-order valence-electron chi connectivity index (χ3n) is 4.78. The van der Waals surface area contributed by atoms with Crippen molar-refractivity contribution in [3.8, 4) is 0 Å². The van der Waals surface area contributed by atoms with Gasteiger partial charge in [0.1, 0.15) is 5.52 Å². The molecule has 0 fully saturated rings. The van der Waals surface area contributed by atoms with Crippen LogP contribution >= 0.6 is 0 Å². The van der Waals surface area contributed by atoms with Gasteiger partial charge in [0.05, 0.1) is 16.6 Å². The summed E-state index contributed by atoms with van der Waals surface area (Å²) in [5.74, 6) is -0.00711. The lowest BCUT2D eigenvalue weighted by atomic mass is 10.0. The van der Waals surface area contributed by atoms with E-state index in [1.165, 1.54) is 0 Å². The lowest BCUT2D eigenvalue weighted by molar-refractivity contribution is 0.103. The molecular formula is C22H15N3O. The number of hydrogen-bond acceptors (Lipinski definition) is 3. The second kappa shape index (κ2) is 5.49. The fourth-order valence-electron chi connectivity index (χ4n) is 3.44. The van der Waals surface area contributed by atoms with E-state index >= 15 is 0 Å². The number of fused-ring (bicyclic) bond motifs is 4. The first kappa shape index (κ1) is 14.8. The molecule has 0 bridgehead atoms. The number of hydrogen-bond donors (Lipinski definition) is 0. The van der Waals surface area contributed by atoms with Crippen LogP contribution in [0.4, 0.5) is 0 Å². The summed E-state index contributed by atoms with van der Waals surface area (Å²) >= 11 is 0. The number of ketones is 1. The maximum absolute atomic E-state index is 12.7. The van der Waals surface area contributed by atoms with E-state index in [-0.39, 0.29) is 5.78 Å². The van der Waals surface area contributed by atoms with Gasteiger partial charge >= 0.3 is 0 Å². The molecule has 2 heterocycles. The van der Waals surface area contributed by atoms with Gasteiger partial charge in [-0.15, -0.1) is 0 Å². The second-order valence-corrected chi connectivity index (χ2v) is 6.37. The molecule has 0 spiro atoms. The quantitative estimate of drug-likeness (QED) is 0.445. The molecule has 4 heteroatoms. The molecule has 0 amide bonds. The van der Waals surface area contributed by atoms with E-state index in [1.54, 1.807) is 0 Å². The molecule has 2 aromatic heterocycles. The molecule has 5 aromatic rings. The van der Waals surface area contributed by atoms with Crippen LogP contribution in [0.15, 0.2) is 72.8 Å². The van der Waals surface area contributed by atoms with E-state index in [4.69, 9.17) is 9.97 Å². The molecule has 4 nitrogen and oxygen atoms in total. The standard InChI is InChI=1S/C22H15N3O/c1-25-19-10-6-5-9-16(19)20-22(25)24-17-12-11-15(13-18(17)23-20)21(26)14-7-3-2-4-8-14/h2-13H,1H3. The first-order chi connectivity index (χ1) is 12.7. The zero-order chi connectivity index (χ0) is 17.7. The lowest BCUT2D eigenvalue weighted by Crippen LogP contribution is -2.01. The first-order valence-electron chi connectivity index (χ1n) is 8.47. The van der Waals surface area contributed by atoms with E-state index in [9.17, 15) is 4.79 Å². The van der Waals surface area contributed by atoms with Crippen molar-refractivity contribution in [2.75, 3.05) is 0 Å². The van der Waals surface area contributed by atoms with Gasteiger partial charge in [-0.1, -0.05) is 48.5 Å². The van der Waals surface area contributed by atoms with Gasteiger partial charge in [0.25, 0.3) is 0 Å². The Hall–Kier alpha value is -3.53. The highest BCUT2D eigenvalue weighted by Crippen LogP contribution is 2.27. The molecule has 0 aliphatic heterocycles. The minimum absolute atomic E-state index is 0.00711. The number of para-hydroxylation sites is 1. The van der Waals surface area contributed by atoms with Crippen molar-refractivity contribution in [2.45, 2.75) is 0 Å². The monoisotopic (exact) mass is 337 g/mol. The van der Waals surface area contributed by atoms with Gasteiger partial charge in [0.15, 0.2) is 11.4 Å². The predicted octanol–water partition coefficient (Wildman–Crippen LogP) is 4.51. The average Bonchev–Trinajstić information content (AvgIpc) is 2.98. The summed E-state index contributed by atoms with van der Waals surface area (Å²) < 4.78 is 2.06. The molecule has 0 aliphatic rings. The minimum atomic E-state index is -0.00711. The summed E-state index contributed by atoms with van der Waals surface area (Å²) in [4.78, 5) is 22.3. The van der Waals surface area contributed by atoms with Gasteiger partial charge < -0.3 is 4.57 Å². The van der Waals surface area contributed by atoms with Crippen LogP contribution in [0, 0.1) is 0 Å². The zero-order valence-electron chi connectivity index (χ0n) is 14.2.